The van der Waals surface area contributed by atoms with Gasteiger partial charge in [0, 0.05) is 51.2 Å². The topological polar surface area (TPSA) is 24.3 Å². The lowest BCUT2D eigenvalue weighted by molar-refractivity contribution is 0.0856. The van der Waals surface area contributed by atoms with Gasteiger partial charge in [0.25, 0.3) is 0 Å². The van der Waals surface area contributed by atoms with Gasteiger partial charge in [0.15, 0.2) is 0 Å². The van der Waals surface area contributed by atoms with E-state index in [0.717, 1.165) is 19.1 Å². The normalized spacial score (nSPS) is 20.5. The zero-order valence-corrected chi connectivity index (χ0v) is 17.1. The van der Waals surface area contributed by atoms with Crippen molar-refractivity contribution in [3.8, 4) is 0 Å². The number of piperazine rings is 1. The van der Waals surface area contributed by atoms with Crippen LogP contribution < -0.4 is 0 Å². The van der Waals surface area contributed by atoms with Gasteiger partial charge < -0.3 is 0 Å². The summed E-state index contributed by atoms with van der Waals surface area (Å²) in [6, 6.07) is 20.7. The average molecular weight is 387 g/mol. The molecule has 0 saturated carbocycles. The fourth-order valence-electron chi connectivity index (χ4n) is 4.94. The first kappa shape index (κ1) is 18.6. The molecule has 4 nitrogen and oxygen atoms in total. The third-order valence-corrected chi connectivity index (χ3v) is 6.55. The van der Waals surface area contributed by atoms with Crippen LogP contribution >= 0.6 is 0 Å². The molecule has 5 rings (SSSR count). The van der Waals surface area contributed by atoms with Gasteiger partial charge in [-0.2, -0.15) is 5.10 Å². The summed E-state index contributed by atoms with van der Waals surface area (Å²) in [5.41, 5.74) is 5.87. The summed E-state index contributed by atoms with van der Waals surface area (Å²) in [4.78, 5) is 5.35. The number of hydrogen-bond acceptors (Lipinski definition) is 3. The van der Waals surface area contributed by atoms with E-state index in [-0.39, 0.29) is 0 Å². The molecule has 1 aromatic heterocycles. The van der Waals surface area contributed by atoms with E-state index in [0.29, 0.717) is 0 Å². The van der Waals surface area contributed by atoms with Gasteiger partial charge in [0.2, 0.25) is 0 Å². The second kappa shape index (κ2) is 8.52. The monoisotopic (exact) mass is 386 g/mol. The Balaban J connectivity index is 1.15. The van der Waals surface area contributed by atoms with Crippen LogP contribution in [-0.2, 0) is 25.9 Å². The smallest absolute Gasteiger partial charge is 0.0659 e. The van der Waals surface area contributed by atoms with Crippen LogP contribution in [0.2, 0.25) is 0 Å². The minimum atomic E-state index is 0.726. The van der Waals surface area contributed by atoms with Crippen molar-refractivity contribution in [3.63, 3.8) is 0 Å². The summed E-state index contributed by atoms with van der Waals surface area (Å²) >= 11 is 0. The number of benzene rings is 2. The van der Waals surface area contributed by atoms with Crippen molar-refractivity contribution in [1.29, 1.82) is 0 Å². The zero-order chi connectivity index (χ0) is 19.5. The van der Waals surface area contributed by atoms with Gasteiger partial charge in [-0.15, -0.1) is 0 Å². The van der Waals surface area contributed by atoms with E-state index in [1.165, 1.54) is 56.6 Å². The van der Waals surface area contributed by atoms with Crippen LogP contribution in [0.3, 0.4) is 0 Å². The first-order valence-electron chi connectivity index (χ1n) is 10.9. The molecule has 0 bridgehead atoms. The molecule has 1 fully saturated rings. The SMILES string of the molecule is c1cc(CN2CCN(C3CCc4ccccc4C3)CC2)cc(Cn2cccn2)c1. The second-order valence-corrected chi connectivity index (χ2v) is 8.50. The summed E-state index contributed by atoms with van der Waals surface area (Å²) in [6.45, 7) is 6.62. The lowest BCUT2D eigenvalue weighted by Crippen LogP contribution is -2.51. The van der Waals surface area contributed by atoms with Crippen molar-refractivity contribution in [2.45, 2.75) is 38.4 Å². The molecule has 2 aromatic carbocycles. The molecular weight excluding hydrogens is 356 g/mol. The Hall–Kier alpha value is -2.43. The Kier molecular flexibility index (Phi) is 5.46. The highest BCUT2D eigenvalue weighted by Gasteiger charge is 2.27. The molecular formula is C25H30N4. The highest BCUT2D eigenvalue weighted by atomic mass is 15.3. The molecule has 1 saturated heterocycles. The highest BCUT2D eigenvalue weighted by Crippen LogP contribution is 2.25. The fraction of sp³-hybridized carbons (Fsp3) is 0.400. The Morgan fingerprint density at radius 1 is 0.828 bits per heavy atom. The summed E-state index contributed by atoms with van der Waals surface area (Å²) in [5.74, 6) is 0. The molecule has 0 N–H and O–H groups in total. The molecule has 29 heavy (non-hydrogen) atoms. The van der Waals surface area contributed by atoms with Crippen molar-refractivity contribution in [2.75, 3.05) is 26.2 Å². The third kappa shape index (κ3) is 4.44. The predicted octanol–water partition coefficient (Wildman–Crippen LogP) is 3.61. The second-order valence-electron chi connectivity index (χ2n) is 8.50. The minimum Gasteiger partial charge on any atom is -0.298 e. The van der Waals surface area contributed by atoms with E-state index in [2.05, 4.69) is 63.4 Å². The Labute approximate surface area is 173 Å². The molecule has 1 aliphatic carbocycles. The molecule has 2 heterocycles. The number of rotatable bonds is 5. The molecule has 1 atom stereocenters. The number of fused-ring (bicyclic) bond motifs is 1. The molecule has 4 heteroatoms. The number of nitrogens with zero attached hydrogens (tertiary/aromatic N) is 4. The van der Waals surface area contributed by atoms with E-state index < -0.39 is 0 Å². The van der Waals surface area contributed by atoms with Crippen LogP contribution in [0, 0.1) is 0 Å². The first-order valence-corrected chi connectivity index (χ1v) is 10.9. The molecule has 3 aromatic rings. The maximum atomic E-state index is 4.32. The van der Waals surface area contributed by atoms with Gasteiger partial charge >= 0.3 is 0 Å². The van der Waals surface area contributed by atoms with E-state index >= 15 is 0 Å². The summed E-state index contributed by atoms with van der Waals surface area (Å²) < 4.78 is 1.99. The molecule has 2 aliphatic rings. The predicted molar refractivity (Wildman–Crippen MR) is 117 cm³/mol. The minimum absolute atomic E-state index is 0.726. The van der Waals surface area contributed by atoms with Crippen LogP contribution in [0.15, 0.2) is 67.0 Å². The van der Waals surface area contributed by atoms with Gasteiger partial charge in [-0.05, 0) is 47.6 Å². The first-order chi connectivity index (χ1) is 14.3. The Morgan fingerprint density at radius 3 is 2.41 bits per heavy atom. The largest absolute Gasteiger partial charge is 0.298 e. The number of hydrogen-bond donors (Lipinski definition) is 0. The van der Waals surface area contributed by atoms with Crippen LogP contribution in [0.5, 0.6) is 0 Å². The van der Waals surface area contributed by atoms with Crippen molar-refractivity contribution < 1.29 is 0 Å². The Bertz CT molecular complexity index is 926. The average Bonchev–Trinajstić information content (AvgIpc) is 3.27. The van der Waals surface area contributed by atoms with Crippen molar-refractivity contribution in [3.05, 3.63) is 89.2 Å². The van der Waals surface area contributed by atoms with Crippen molar-refractivity contribution in [2.24, 2.45) is 0 Å². The van der Waals surface area contributed by atoms with Gasteiger partial charge in [0.05, 0.1) is 6.54 Å². The molecule has 1 aliphatic heterocycles. The summed E-state index contributed by atoms with van der Waals surface area (Å²) in [7, 11) is 0. The van der Waals surface area contributed by atoms with E-state index in [9.17, 15) is 0 Å². The van der Waals surface area contributed by atoms with Gasteiger partial charge in [0.1, 0.15) is 0 Å². The van der Waals surface area contributed by atoms with Gasteiger partial charge in [-0.3, -0.25) is 14.5 Å². The standard InChI is InChI=1S/C25H30N4/c1-2-8-24-18-25(10-9-23(24)7-1)28-15-13-27(14-16-28)19-21-5-3-6-22(17-21)20-29-12-4-11-26-29/h1-8,11-12,17,25H,9-10,13-16,18-20H2. The van der Waals surface area contributed by atoms with Crippen LogP contribution in [0.1, 0.15) is 28.7 Å². The van der Waals surface area contributed by atoms with Gasteiger partial charge in [-0.25, -0.2) is 0 Å². The van der Waals surface area contributed by atoms with E-state index in [1.54, 1.807) is 11.1 Å². The number of aryl methyl sites for hydroxylation is 1. The van der Waals surface area contributed by atoms with Crippen LogP contribution in [0.25, 0.3) is 0 Å². The maximum Gasteiger partial charge on any atom is 0.0659 e. The lowest BCUT2D eigenvalue weighted by atomic mass is 9.87. The lowest BCUT2D eigenvalue weighted by Gasteiger charge is -2.41. The zero-order valence-electron chi connectivity index (χ0n) is 17.1. The van der Waals surface area contributed by atoms with E-state index in [1.807, 2.05) is 23.1 Å². The summed E-state index contributed by atoms with van der Waals surface area (Å²) in [5, 5.41) is 4.32. The maximum absolute atomic E-state index is 4.32. The van der Waals surface area contributed by atoms with Crippen LogP contribution in [-0.4, -0.2) is 51.8 Å². The quantitative estimate of drug-likeness (QED) is 0.670. The number of aromatic nitrogens is 2. The molecule has 0 spiro atoms. The molecule has 150 valence electrons. The molecule has 0 amide bonds. The van der Waals surface area contributed by atoms with E-state index in [4.69, 9.17) is 0 Å². The van der Waals surface area contributed by atoms with Gasteiger partial charge in [-0.1, -0.05) is 48.5 Å². The molecule has 0 radical (unpaired) electrons. The highest BCUT2D eigenvalue weighted by molar-refractivity contribution is 5.30. The summed E-state index contributed by atoms with van der Waals surface area (Å²) in [6.07, 6.45) is 7.64. The van der Waals surface area contributed by atoms with Crippen molar-refractivity contribution in [1.82, 2.24) is 19.6 Å². The molecule has 1 unspecified atom stereocenters. The van der Waals surface area contributed by atoms with Crippen LogP contribution in [0.4, 0.5) is 0 Å². The van der Waals surface area contributed by atoms with Crippen molar-refractivity contribution >= 4 is 0 Å². The fourth-order valence-corrected chi connectivity index (χ4v) is 4.94. The third-order valence-electron chi connectivity index (χ3n) is 6.55. The Morgan fingerprint density at radius 2 is 1.62 bits per heavy atom.